The highest BCUT2D eigenvalue weighted by Crippen LogP contribution is 2.12. The largest absolute Gasteiger partial charge is 0.478 e. The molecule has 0 aliphatic rings. The molecule has 7 nitrogen and oxygen atoms in total. The van der Waals surface area contributed by atoms with E-state index in [2.05, 4.69) is 25.4 Å². The highest BCUT2D eigenvalue weighted by atomic mass is 16.5. The molecule has 102 valence electrons. The third-order valence-corrected chi connectivity index (χ3v) is 2.26. The summed E-state index contributed by atoms with van der Waals surface area (Å²) in [5.74, 6) is 2.17. The van der Waals surface area contributed by atoms with E-state index in [-0.39, 0.29) is 0 Å². The van der Waals surface area contributed by atoms with E-state index in [4.69, 9.17) is 9.26 Å². The van der Waals surface area contributed by atoms with Gasteiger partial charge in [0.15, 0.2) is 5.82 Å². The first-order valence-electron chi connectivity index (χ1n) is 6.19. The first-order valence-corrected chi connectivity index (χ1v) is 6.19. The van der Waals surface area contributed by atoms with Crippen LogP contribution in [0, 0.1) is 13.8 Å². The molecule has 19 heavy (non-hydrogen) atoms. The van der Waals surface area contributed by atoms with Crippen molar-refractivity contribution in [1.82, 2.24) is 20.1 Å². The van der Waals surface area contributed by atoms with Crippen LogP contribution in [0.3, 0.4) is 0 Å². The van der Waals surface area contributed by atoms with Gasteiger partial charge in [0.25, 0.3) is 0 Å². The minimum absolute atomic E-state index is 0.411. The summed E-state index contributed by atoms with van der Waals surface area (Å²) in [7, 11) is 0. The van der Waals surface area contributed by atoms with E-state index in [1.165, 1.54) is 0 Å². The SMILES string of the molecule is CCCOc1cc(C)nc(NCc2noc(C)n2)n1. The number of nitrogens with zero attached hydrogens (tertiary/aromatic N) is 4. The average molecular weight is 263 g/mol. The molecule has 0 unspecified atom stereocenters. The lowest BCUT2D eigenvalue weighted by molar-refractivity contribution is 0.305. The van der Waals surface area contributed by atoms with Crippen LogP contribution in [0.15, 0.2) is 10.6 Å². The van der Waals surface area contributed by atoms with Gasteiger partial charge < -0.3 is 14.6 Å². The Balaban J connectivity index is 2.01. The Hall–Kier alpha value is -2.18. The molecule has 0 saturated heterocycles. The van der Waals surface area contributed by atoms with Crippen LogP contribution in [0.4, 0.5) is 5.95 Å². The highest BCUT2D eigenvalue weighted by molar-refractivity contribution is 5.30. The molecular weight excluding hydrogens is 246 g/mol. The molecule has 0 aromatic carbocycles. The number of anilines is 1. The Kier molecular flexibility index (Phi) is 4.27. The van der Waals surface area contributed by atoms with Gasteiger partial charge in [-0.2, -0.15) is 9.97 Å². The van der Waals surface area contributed by atoms with Crippen molar-refractivity contribution in [3.05, 3.63) is 23.5 Å². The summed E-state index contributed by atoms with van der Waals surface area (Å²) in [6, 6.07) is 1.80. The molecular formula is C12H17N5O2. The van der Waals surface area contributed by atoms with Gasteiger partial charge in [0.05, 0.1) is 13.2 Å². The smallest absolute Gasteiger partial charge is 0.226 e. The molecule has 0 aliphatic heterocycles. The van der Waals surface area contributed by atoms with Gasteiger partial charge in [-0.25, -0.2) is 4.98 Å². The van der Waals surface area contributed by atoms with E-state index in [1.807, 2.05) is 13.8 Å². The second-order valence-electron chi connectivity index (χ2n) is 4.10. The molecule has 0 atom stereocenters. The maximum absolute atomic E-state index is 5.49. The number of hydrogen-bond donors (Lipinski definition) is 1. The van der Waals surface area contributed by atoms with Gasteiger partial charge in [0.2, 0.25) is 17.7 Å². The predicted molar refractivity (Wildman–Crippen MR) is 68.9 cm³/mol. The van der Waals surface area contributed by atoms with Gasteiger partial charge in [0, 0.05) is 18.7 Å². The van der Waals surface area contributed by atoms with Gasteiger partial charge in [-0.15, -0.1) is 0 Å². The summed E-state index contributed by atoms with van der Waals surface area (Å²) in [5, 5.41) is 6.83. The molecule has 2 rings (SSSR count). The van der Waals surface area contributed by atoms with E-state index in [0.717, 1.165) is 12.1 Å². The maximum Gasteiger partial charge on any atom is 0.226 e. The first kappa shape index (κ1) is 13.3. The van der Waals surface area contributed by atoms with Crippen molar-refractivity contribution in [3.8, 4) is 5.88 Å². The van der Waals surface area contributed by atoms with Crippen LogP contribution in [-0.4, -0.2) is 26.7 Å². The van der Waals surface area contributed by atoms with Gasteiger partial charge in [-0.3, -0.25) is 0 Å². The maximum atomic E-state index is 5.49. The van der Waals surface area contributed by atoms with Gasteiger partial charge in [0.1, 0.15) is 0 Å². The predicted octanol–water partition coefficient (Wildman–Crippen LogP) is 1.88. The quantitative estimate of drug-likeness (QED) is 0.851. The molecule has 0 amide bonds. The number of rotatable bonds is 6. The molecule has 0 aliphatic carbocycles. The topological polar surface area (TPSA) is 86.0 Å². The van der Waals surface area contributed by atoms with Crippen molar-refractivity contribution in [2.24, 2.45) is 0 Å². The number of ether oxygens (including phenoxy) is 1. The monoisotopic (exact) mass is 263 g/mol. The molecule has 7 heteroatoms. The normalized spacial score (nSPS) is 10.5. The van der Waals surface area contributed by atoms with Gasteiger partial charge >= 0.3 is 0 Å². The Labute approximate surface area is 111 Å². The van der Waals surface area contributed by atoms with Crippen LogP contribution in [-0.2, 0) is 6.54 Å². The number of nitrogens with one attached hydrogen (secondary N) is 1. The Bertz CT molecular complexity index is 541. The van der Waals surface area contributed by atoms with E-state index in [9.17, 15) is 0 Å². The molecule has 0 spiro atoms. The Morgan fingerprint density at radius 3 is 2.79 bits per heavy atom. The molecule has 0 bridgehead atoms. The molecule has 2 aromatic heterocycles. The minimum atomic E-state index is 0.411. The Morgan fingerprint density at radius 1 is 1.26 bits per heavy atom. The number of aromatic nitrogens is 4. The van der Waals surface area contributed by atoms with Crippen LogP contribution in [0.5, 0.6) is 5.88 Å². The molecule has 0 radical (unpaired) electrons. The number of hydrogen-bond acceptors (Lipinski definition) is 7. The lowest BCUT2D eigenvalue weighted by Gasteiger charge is -2.07. The fourth-order valence-corrected chi connectivity index (χ4v) is 1.47. The minimum Gasteiger partial charge on any atom is -0.478 e. The van der Waals surface area contributed by atoms with Crippen LogP contribution in [0.1, 0.15) is 30.8 Å². The second-order valence-corrected chi connectivity index (χ2v) is 4.10. The first-order chi connectivity index (χ1) is 9.17. The molecule has 0 fully saturated rings. The van der Waals surface area contributed by atoms with E-state index >= 15 is 0 Å². The zero-order valence-electron chi connectivity index (χ0n) is 11.3. The molecule has 0 saturated carbocycles. The lowest BCUT2D eigenvalue weighted by atomic mass is 10.4. The summed E-state index contributed by atoms with van der Waals surface area (Å²) in [4.78, 5) is 12.6. The van der Waals surface area contributed by atoms with Crippen molar-refractivity contribution in [1.29, 1.82) is 0 Å². The summed E-state index contributed by atoms with van der Waals surface area (Å²) in [6.45, 7) is 6.74. The highest BCUT2D eigenvalue weighted by Gasteiger charge is 2.06. The zero-order chi connectivity index (χ0) is 13.7. The summed E-state index contributed by atoms with van der Waals surface area (Å²) < 4.78 is 10.4. The third kappa shape index (κ3) is 3.90. The van der Waals surface area contributed by atoms with Crippen molar-refractivity contribution in [3.63, 3.8) is 0 Å². The Morgan fingerprint density at radius 2 is 2.11 bits per heavy atom. The van der Waals surface area contributed by atoms with E-state index in [0.29, 0.717) is 36.7 Å². The van der Waals surface area contributed by atoms with Crippen molar-refractivity contribution < 1.29 is 9.26 Å². The molecule has 2 heterocycles. The van der Waals surface area contributed by atoms with Gasteiger partial charge in [-0.05, 0) is 13.3 Å². The fourth-order valence-electron chi connectivity index (χ4n) is 1.47. The zero-order valence-corrected chi connectivity index (χ0v) is 11.3. The molecule has 2 aromatic rings. The van der Waals surface area contributed by atoms with Crippen molar-refractivity contribution >= 4 is 5.95 Å². The van der Waals surface area contributed by atoms with Gasteiger partial charge in [-0.1, -0.05) is 12.1 Å². The third-order valence-electron chi connectivity index (χ3n) is 2.26. The fraction of sp³-hybridized carbons (Fsp3) is 0.500. The van der Waals surface area contributed by atoms with E-state index < -0.39 is 0 Å². The van der Waals surface area contributed by atoms with Crippen LogP contribution in [0.2, 0.25) is 0 Å². The van der Waals surface area contributed by atoms with Crippen LogP contribution in [0.25, 0.3) is 0 Å². The van der Waals surface area contributed by atoms with Crippen LogP contribution >= 0.6 is 0 Å². The van der Waals surface area contributed by atoms with E-state index in [1.54, 1.807) is 13.0 Å². The summed E-state index contributed by atoms with van der Waals surface area (Å²) in [6.07, 6.45) is 0.938. The number of aryl methyl sites for hydroxylation is 2. The standard InChI is InChI=1S/C12H17N5O2/c1-4-5-18-11-6-8(2)14-12(16-11)13-7-10-15-9(3)19-17-10/h6H,4-5,7H2,1-3H3,(H,13,14,16). The van der Waals surface area contributed by atoms with Crippen LogP contribution < -0.4 is 10.1 Å². The molecule has 1 N–H and O–H groups in total. The summed E-state index contributed by atoms with van der Waals surface area (Å²) in [5.41, 5.74) is 0.841. The lowest BCUT2D eigenvalue weighted by Crippen LogP contribution is -2.07. The van der Waals surface area contributed by atoms with Crippen molar-refractivity contribution in [2.45, 2.75) is 33.7 Å². The second kappa shape index (κ2) is 6.12. The average Bonchev–Trinajstić information content (AvgIpc) is 2.79. The van der Waals surface area contributed by atoms with Crippen molar-refractivity contribution in [2.75, 3.05) is 11.9 Å². The summed E-state index contributed by atoms with van der Waals surface area (Å²) >= 11 is 0.